The van der Waals surface area contributed by atoms with Crippen molar-refractivity contribution in [1.29, 1.82) is 0 Å². The van der Waals surface area contributed by atoms with Gasteiger partial charge in [-0.3, -0.25) is 0 Å². The minimum atomic E-state index is -0.267. The molecule has 0 amide bonds. The summed E-state index contributed by atoms with van der Waals surface area (Å²) in [4.78, 5) is 20.7. The molecule has 0 saturated heterocycles. The Morgan fingerprint density at radius 2 is 1.84 bits per heavy atom. The summed E-state index contributed by atoms with van der Waals surface area (Å²) in [5.74, 6) is -0.267. The van der Waals surface area contributed by atoms with E-state index < -0.39 is 0 Å². The highest BCUT2D eigenvalue weighted by atomic mass is 32.2. The molecule has 5 heteroatoms. The van der Waals surface area contributed by atoms with E-state index >= 15 is 0 Å². The molecule has 2 aromatic rings. The maximum Gasteiger partial charge on any atom is 0.346 e. The standard InChI is InChI=1S/C27H26N2O2S/c1-3-31-26(30)25-18(2)29-24(20-13-8-5-9-14-20)22-16-10-15-21(23(22)28-27(29)32-25)17-19-11-6-4-7-12-19/h4-9,11-14,17,24H,3,10,15-16H2,1-2H3/b21-17-/t24-/m0/s1. The van der Waals surface area contributed by atoms with E-state index in [-0.39, 0.29) is 12.0 Å². The topological polar surface area (TPSA) is 41.9 Å². The van der Waals surface area contributed by atoms with Gasteiger partial charge in [0.1, 0.15) is 4.91 Å². The Bertz CT molecular complexity index is 1160. The van der Waals surface area contributed by atoms with Crippen molar-refractivity contribution in [2.24, 2.45) is 4.99 Å². The van der Waals surface area contributed by atoms with Crippen LogP contribution in [0.15, 0.2) is 93.1 Å². The molecule has 1 aliphatic carbocycles. The van der Waals surface area contributed by atoms with Crippen LogP contribution in [0.4, 0.5) is 0 Å². The number of allylic oxidation sites excluding steroid dienone is 2. The molecule has 0 radical (unpaired) electrons. The van der Waals surface area contributed by atoms with E-state index in [0.29, 0.717) is 11.5 Å². The molecule has 5 rings (SSSR count). The molecular formula is C27H26N2O2S. The molecule has 1 atom stereocenters. The Morgan fingerprint density at radius 1 is 1.12 bits per heavy atom. The fourth-order valence-corrected chi connectivity index (χ4v) is 5.73. The van der Waals surface area contributed by atoms with Crippen LogP contribution < -0.4 is 0 Å². The fraction of sp³-hybridized carbons (Fsp3) is 0.259. The highest BCUT2D eigenvalue weighted by Gasteiger charge is 2.42. The van der Waals surface area contributed by atoms with Gasteiger partial charge in [0, 0.05) is 5.70 Å². The molecule has 0 spiro atoms. The summed E-state index contributed by atoms with van der Waals surface area (Å²) in [7, 11) is 0. The van der Waals surface area contributed by atoms with Crippen LogP contribution in [0.1, 0.15) is 50.3 Å². The third-order valence-electron chi connectivity index (χ3n) is 6.10. The zero-order valence-corrected chi connectivity index (χ0v) is 19.2. The van der Waals surface area contributed by atoms with Gasteiger partial charge in [0.15, 0.2) is 5.17 Å². The zero-order chi connectivity index (χ0) is 22.1. The second kappa shape index (κ2) is 8.83. The maximum atomic E-state index is 12.7. The van der Waals surface area contributed by atoms with Crippen molar-refractivity contribution in [3.05, 3.63) is 99.2 Å². The number of aliphatic imine (C=N–C) groups is 1. The quantitative estimate of drug-likeness (QED) is 0.510. The lowest BCUT2D eigenvalue weighted by molar-refractivity contribution is -0.137. The van der Waals surface area contributed by atoms with Crippen LogP contribution in [0, 0.1) is 0 Å². The minimum absolute atomic E-state index is 0.0394. The monoisotopic (exact) mass is 442 g/mol. The second-order valence-corrected chi connectivity index (χ2v) is 9.10. The van der Waals surface area contributed by atoms with E-state index in [0.717, 1.165) is 35.8 Å². The lowest BCUT2D eigenvalue weighted by Gasteiger charge is -2.39. The van der Waals surface area contributed by atoms with Crippen LogP contribution in [-0.4, -0.2) is 22.6 Å². The number of carbonyl (C=O) groups is 1. The Hall–Kier alpha value is -3.05. The van der Waals surface area contributed by atoms with Gasteiger partial charge in [0.25, 0.3) is 0 Å². The predicted molar refractivity (Wildman–Crippen MR) is 131 cm³/mol. The van der Waals surface area contributed by atoms with Crippen molar-refractivity contribution in [3.8, 4) is 0 Å². The molecule has 0 unspecified atom stereocenters. The van der Waals surface area contributed by atoms with Crippen molar-refractivity contribution in [2.75, 3.05) is 6.61 Å². The van der Waals surface area contributed by atoms with Crippen molar-refractivity contribution in [3.63, 3.8) is 0 Å². The highest BCUT2D eigenvalue weighted by Crippen LogP contribution is 2.51. The molecule has 2 aromatic carbocycles. The molecule has 0 saturated carbocycles. The number of carbonyl (C=O) groups excluding carboxylic acids is 1. The first-order valence-corrected chi connectivity index (χ1v) is 12.0. The van der Waals surface area contributed by atoms with Gasteiger partial charge < -0.3 is 9.64 Å². The van der Waals surface area contributed by atoms with Crippen LogP contribution in [0.3, 0.4) is 0 Å². The van der Waals surface area contributed by atoms with Crippen LogP contribution in [0.5, 0.6) is 0 Å². The summed E-state index contributed by atoms with van der Waals surface area (Å²) in [6, 6.07) is 21.0. The number of amidine groups is 1. The Morgan fingerprint density at radius 3 is 2.56 bits per heavy atom. The van der Waals surface area contributed by atoms with Crippen molar-refractivity contribution < 1.29 is 9.53 Å². The smallest absolute Gasteiger partial charge is 0.346 e. The molecule has 3 aliphatic rings. The number of hydrogen-bond acceptors (Lipinski definition) is 5. The first-order chi connectivity index (χ1) is 15.7. The van der Waals surface area contributed by atoms with E-state index in [1.807, 2.05) is 26.0 Å². The molecule has 4 nitrogen and oxygen atoms in total. The Kier molecular flexibility index (Phi) is 5.75. The number of thioether (sulfide) groups is 1. The van der Waals surface area contributed by atoms with Crippen molar-refractivity contribution in [1.82, 2.24) is 4.90 Å². The normalized spacial score (nSPS) is 21.4. The summed E-state index contributed by atoms with van der Waals surface area (Å²) < 4.78 is 5.34. The third-order valence-corrected chi connectivity index (χ3v) is 7.24. The largest absolute Gasteiger partial charge is 0.462 e. The molecule has 0 fully saturated rings. The van der Waals surface area contributed by atoms with E-state index in [9.17, 15) is 4.79 Å². The molecular weight excluding hydrogens is 416 g/mol. The number of hydrogen-bond donors (Lipinski definition) is 0. The number of ether oxygens (including phenoxy) is 1. The van der Waals surface area contributed by atoms with Gasteiger partial charge in [-0.05, 0) is 73.2 Å². The number of benzene rings is 2. The van der Waals surface area contributed by atoms with Crippen LogP contribution in [0.2, 0.25) is 0 Å². The average Bonchev–Trinajstić information content (AvgIpc) is 3.15. The van der Waals surface area contributed by atoms with Crippen LogP contribution >= 0.6 is 11.8 Å². The second-order valence-electron chi connectivity index (χ2n) is 8.12. The lowest BCUT2D eigenvalue weighted by atomic mass is 9.83. The maximum absolute atomic E-state index is 12.7. The first kappa shape index (κ1) is 20.8. The van der Waals surface area contributed by atoms with E-state index in [2.05, 4.69) is 59.5 Å². The number of fused-ring (bicyclic) bond motifs is 1. The summed E-state index contributed by atoms with van der Waals surface area (Å²) >= 11 is 1.43. The molecule has 0 bridgehead atoms. The van der Waals surface area contributed by atoms with Gasteiger partial charge in [0.05, 0.1) is 18.3 Å². The minimum Gasteiger partial charge on any atom is -0.462 e. The van der Waals surface area contributed by atoms with Crippen LogP contribution in [-0.2, 0) is 9.53 Å². The van der Waals surface area contributed by atoms with E-state index in [1.54, 1.807) is 0 Å². The first-order valence-electron chi connectivity index (χ1n) is 11.1. The van der Waals surface area contributed by atoms with Gasteiger partial charge in [0.2, 0.25) is 0 Å². The number of rotatable bonds is 4. The van der Waals surface area contributed by atoms with Crippen LogP contribution in [0.25, 0.3) is 6.08 Å². The summed E-state index contributed by atoms with van der Waals surface area (Å²) in [5, 5.41) is 0.860. The molecule has 0 aromatic heterocycles. The predicted octanol–water partition coefficient (Wildman–Crippen LogP) is 6.46. The summed E-state index contributed by atoms with van der Waals surface area (Å²) in [6.07, 6.45) is 5.37. The zero-order valence-electron chi connectivity index (χ0n) is 18.4. The molecule has 2 heterocycles. The highest BCUT2D eigenvalue weighted by molar-refractivity contribution is 8.18. The number of nitrogens with zero attached hydrogens (tertiary/aromatic N) is 2. The van der Waals surface area contributed by atoms with Crippen molar-refractivity contribution >= 4 is 29.0 Å². The van der Waals surface area contributed by atoms with E-state index in [4.69, 9.17) is 9.73 Å². The Balaban J connectivity index is 1.64. The third kappa shape index (κ3) is 3.71. The lowest BCUT2D eigenvalue weighted by Crippen LogP contribution is -2.34. The summed E-state index contributed by atoms with van der Waals surface area (Å²) in [5.41, 5.74) is 7.03. The number of esters is 1. The average molecular weight is 443 g/mol. The Labute approximate surface area is 193 Å². The van der Waals surface area contributed by atoms with Gasteiger partial charge in [-0.2, -0.15) is 0 Å². The van der Waals surface area contributed by atoms with Gasteiger partial charge >= 0.3 is 5.97 Å². The fourth-order valence-electron chi connectivity index (χ4n) is 4.68. The van der Waals surface area contributed by atoms with Gasteiger partial charge in [-0.15, -0.1) is 0 Å². The van der Waals surface area contributed by atoms with Gasteiger partial charge in [-0.1, -0.05) is 60.7 Å². The van der Waals surface area contributed by atoms with E-state index in [1.165, 1.54) is 34.0 Å². The van der Waals surface area contributed by atoms with Gasteiger partial charge in [-0.25, -0.2) is 9.79 Å². The van der Waals surface area contributed by atoms with Crippen molar-refractivity contribution in [2.45, 2.75) is 39.2 Å². The summed E-state index contributed by atoms with van der Waals surface area (Å²) in [6.45, 7) is 4.21. The molecule has 162 valence electrons. The molecule has 2 aliphatic heterocycles. The molecule has 32 heavy (non-hydrogen) atoms. The molecule has 0 N–H and O–H groups in total. The SMILES string of the molecule is CCOC(=O)C1=C(C)N2C(=NC3=C(CCC/C3=C/c3ccccc3)[C@@H]2c2ccccc2)S1.